The highest BCUT2D eigenvalue weighted by molar-refractivity contribution is 7.99. The molecule has 0 fully saturated rings. The quantitative estimate of drug-likeness (QED) is 0.365. The second kappa shape index (κ2) is 4.69. The largest absolute Gasteiger partial charge is 0.504 e. The summed E-state index contributed by atoms with van der Waals surface area (Å²) in [6.07, 6.45) is 0. The number of anilines is 2. The highest BCUT2D eigenvalue weighted by atomic mass is 32.2. The Balaban J connectivity index is 2.36. The number of phenols is 4. The first-order valence-corrected chi connectivity index (χ1v) is 6.01. The van der Waals surface area contributed by atoms with Gasteiger partial charge in [0.25, 0.3) is 0 Å². The zero-order valence-electron chi connectivity index (χ0n) is 9.66. The molecule has 0 spiro atoms. The maximum absolute atomic E-state index is 9.45. The molecule has 100 valence electrons. The van der Waals surface area contributed by atoms with E-state index < -0.39 is 0 Å². The molecule has 0 aromatic heterocycles. The Kier molecular flexibility index (Phi) is 3.22. The monoisotopic (exact) mass is 280 g/mol. The molecule has 0 unspecified atom stereocenters. The average Bonchev–Trinajstić information content (AvgIpc) is 2.33. The van der Waals surface area contributed by atoms with E-state index in [9.17, 15) is 20.4 Å². The fourth-order valence-electron chi connectivity index (χ4n) is 1.48. The van der Waals surface area contributed by atoms with Gasteiger partial charge in [0.05, 0.1) is 11.4 Å². The fourth-order valence-corrected chi connectivity index (χ4v) is 2.47. The number of hydrogen-bond acceptors (Lipinski definition) is 7. The molecule has 0 aliphatic rings. The number of nitrogens with two attached hydrogens (primary N) is 2. The summed E-state index contributed by atoms with van der Waals surface area (Å²) >= 11 is 1.16. The summed E-state index contributed by atoms with van der Waals surface area (Å²) in [5.74, 6) is -1.42. The van der Waals surface area contributed by atoms with E-state index in [2.05, 4.69) is 0 Å². The van der Waals surface area contributed by atoms with Crippen LogP contribution in [0.1, 0.15) is 0 Å². The molecule has 0 heterocycles. The lowest BCUT2D eigenvalue weighted by Gasteiger charge is -2.08. The van der Waals surface area contributed by atoms with Crippen LogP contribution in [0.25, 0.3) is 0 Å². The normalized spacial score (nSPS) is 10.5. The maximum atomic E-state index is 9.45. The second-order valence-electron chi connectivity index (χ2n) is 3.86. The van der Waals surface area contributed by atoms with Crippen LogP contribution in [0.15, 0.2) is 34.1 Å². The van der Waals surface area contributed by atoms with Crippen LogP contribution >= 0.6 is 11.8 Å². The molecule has 19 heavy (non-hydrogen) atoms. The molecular weight excluding hydrogens is 268 g/mol. The average molecular weight is 280 g/mol. The standard InChI is InChI=1S/C12H12N2O4S/c13-7-1-5(3-9(15)11(7)17)19-6-2-8(14)12(18)10(16)4-6/h1-4,15-18H,13-14H2. The van der Waals surface area contributed by atoms with Crippen molar-refractivity contribution in [2.24, 2.45) is 0 Å². The third-order valence-electron chi connectivity index (χ3n) is 2.42. The first-order valence-electron chi connectivity index (χ1n) is 5.19. The summed E-state index contributed by atoms with van der Waals surface area (Å²) in [5.41, 5.74) is 11.1. The molecule has 0 bridgehead atoms. The van der Waals surface area contributed by atoms with Gasteiger partial charge in [0, 0.05) is 9.79 Å². The summed E-state index contributed by atoms with van der Waals surface area (Å²) < 4.78 is 0. The minimum Gasteiger partial charge on any atom is -0.504 e. The minimum absolute atomic E-state index is 0.0403. The van der Waals surface area contributed by atoms with Crippen LogP contribution < -0.4 is 11.5 Å². The van der Waals surface area contributed by atoms with Crippen molar-refractivity contribution in [2.75, 3.05) is 11.5 Å². The van der Waals surface area contributed by atoms with Crippen molar-refractivity contribution in [3.05, 3.63) is 24.3 Å². The molecule has 2 aromatic rings. The SMILES string of the molecule is Nc1cc(Sc2cc(N)c(O)c(O)c2)cc(O)c1O. The van der Waals surface area contributed by atoms with E-state index in [0.29, 0.717) is 9.79 Å². The molecule has 6 nitrogen and oxygen atoms in total. The van der Waals surface area contributed by atoms with Crippen molar-refractivity contribution in [1.29, 1.82) is 0 Å². The van der Waals surface area contributed by atoms with Crippen LogP contribution in [0.3, 0.4) is 0 Å². The number of phenolic OH excluding ortho intramolecular Hbond substituents is 4. The molecule has 2 aromatic carbocycles. The Morgan fingerprint density at radius 2 is 1.05 bits per heavy atom. The third kappa shape index (κ3) is 2.55. The van der Waals surface area contributed by atoms with Gasteiger partial charge in [0.15, 0.2) is 23.0 Å². The van der Waals surface area contributed by atoms with E-state index in [1.165, 1.54) is 24.3 Å². The van der Waals surface area contributed by atoms with Crippen LogP contribution in [0.2, 0.25) is 0 Å². The molecule has 0 aliphatic carbocycles. The highest BCUT2D eigenvalue weighted by Crippen LogP contribution is 2.41. The van der Waals surface area contributed by atoms with Gasteiger partial charge >= 0.3 is 0 Å². The zero-order valence-corrected chi connectivity index (χ0v) is 10.5. The smallest absolute Gasteiger partial charge is 0.181 e. The van der Waals surface area contributed by atoms with Crippen LogP contribution in [0, 0.1) is 0 Å². The van der Waals surface area contributed by atoms with Gasteiger partial charge in [0.1, 0.15) is 0 Å². The van der Waals surface area contributed by atoms with Gasteiger partial charge in [-0.15, -0.1) is 0 Å². The molecule has 8 N–H and O–H groups in total. The van der Waals surface area contributed by atoms with E-state index in [0.717, 1.165) is 11.8 Å². The number of aromatic hydroxyl groups is 4. The van der Waals surface area contributed by atoms with Crippen molar-refractivity contribution >= 4 is 23.1 Å². The summed E-state index contributed by atoms with van der Waals surface area (Å²) in [5, 5.41) is 37.6. The molecule has 7 heteroatoms. The van der Waals surface area contributed by atoms with Gasteiger partial charge in [-0.2, -0.15) is 0 Å². The lowest BCUT2D eigenvalue weighted by atomic mass is 10.3. The third-order valence-corrected chi connectivity index (χ3v) is 3.36. The van der Waals surface area contributed by atoms with Gasteiger partial charge in [-0.1, -0.05) is 11.8 Å². The fraction of sp³-hybridized carbons (Fsp3) is 0. The molecule has 0 saturated heterocycles. The van der Waals surface area contributed by atoms with E-state index in [-0.39, 0.29) is 34.4 Å². The first kappa shape index (κ1) is 13.0. The van der Waals surface area contributed by atoms with Crippen LogP contribution in [-0.2, 0) is 0 Å². The molecule has 0 radical (unpaired) electrons. The Morgan fingerprint density at radius 3 is 1.37 bits per heavy atom. The van der Waals surface area contributed by atoms with Crippen molar-refractivity contribution in [3.8, 4) is 23.0 Å². The highest BCUT2D eigenvalue weighted by Gasteiger charge is 2.10. The lowest BCUT2D eigenvalue weighted by Crippen LogP contribution is -1.88. The Hall–Kier alpha value is -2.41. The predicted molar refractivity (Wildman–Crippen MR) is 72.5 cm³/mol. The van der Waals surface area contributed by atoms with E-state index >= 15 is 0 Å². The van der Waals surface area contributed by atoms with E-state index in [1.54, 1.807) is 0 Å². The molecule has 0 saturated carbocycles. The Labute approximate surface area is 112 Å². The van der Waals surface area contributed by atoms with Gasteiger partial charge < -0.3 is 31.9 Å². The van der Waals surface area contributed by atoms with Crippen molar-refractivity contribution in [1.82, 2.24) is 0 Å². The van der Waals surface area contributed by atoms with Crippen LogP contribution in [0.5, 0.6) is 23.0 Å². The first-order chi connectivity index (χ1) is 8.88. The van der Waals surface area contributed by atoms with E-state index in [4.69, 9.17) is 11.5 Å². The summed E-state index contributed by atoms with van der Waals surface area (Å²) in [7, 11) is 0. The van der Waals surface area contributed by atoms with Crippen molar-refractivity contribution in [3.63, 3.8) is 0 Å². The summed E-state index contributed by atoms with van der Waals surface area (Å²) in [4.78, 5) is 1.11. The second-order valence-corrected chi connectivity index (χ2v) is 5.01. The Morgan fingerprint density at radius 1 is 0.684 bits per heavy atom. The van der Waals surface area contributed by atoms with Crippen molar-refractivity contribution in [2.45, 2.75) is 9.79 Å². The maximum Gasteiger partial charge on any atom is 0.181 e. The number of hydrogen-bond donors (Lipinski definition) is 6. The molecular formula is C12H12N2O4S. The number of rotatable bonds is 2. The van der Waals surface area contributed by atoms with E-state index in [1.807, 2.05) is 0 Å². The summed E-state index contributed by atoms with van der Waals surface area (Å²) in [6.45, 7) is 0. The van der Waals surface area contributed by atoms with Crippen molar-refractivity contribution < 1.29 is 20.4 Å². The van der Waals surface area contributed by atoms with Gasteiger partial charge in [0.2, 0.25) is 0 Å². The molecule has 2 rings (SSSR count). The predicted octanol–water partition coefficient (Wildman–Crippen LogP) is 1.82. The molecule has 0 atom stereocenters. The molecule has 0 amide bonds. The number of nitrogen functional groups attached to an aromatic ring is 2. The summed E-state index contributed by atoms with van der Waals surface area (Å²) in [6, 6.07) is 5.60. The van der Waals surface area contributed by atoms with Gasteiger partial charge in [-0.25, -0.2) is 0 Å². The lowest BCUT2D eigenvalue weighted by molar-refractivity contribution is 0.404. The topological polar surface area (TPSA) is 133 Å². The van der Waals surface area contributed by atoms with Crippen LogP contribution in [0.4, 0.5) is 11.4 Å². The number of benzene rings is 2. The zero-order chi connectivity index (χ0) is 14.2. The van der Waals surface area contributed by atoms with Gasteiger partial charge in [-0.05, 0) is 24.3 Å². The van der Waals surface area contributed by atoms with Crippen LogP contribution in [-0.4, -0.2) is 20.4 Å². The molecule has 0 aliphatic heterocycles. The minimum atomic E-state index is -0.377. The van der Waals surface area contributed by atoms with Gasteiger partial charge in [-0.3, -0.25) is 0 Å². The Bertz CT molecular complexity index is 544.